The van der Waals surface area contributed by atoms with Crippen molar-refractivity contribution in [2.75, 3.05) is 20.3 Å². The number of rotatable bonds is 14. The number of ether oxygens (including phenoxy) is 3. The third-order valence-corrected chi connectivity index (χ3v) is 15.5. The summed E-state index contributed by atoms with van der Waals surface area (Å²) in [6.07, 6.45) is 13.6. The lowest BCUT2D eigenvalue weighted by Gasteiger charge is -2.30. The second-order valence-corrected chi connectivity index (χ2v) is 24.9. The van der Waals surface area contributed by atoms with Crippen molar-refractivity contribution in [1.82, 2.24) is 19.4 Å². The van der Waals surface area contributed by atoms with Crippen LogP contribution in [-0.2, 0) is 30.5 Å². The minimum absolute atomic E-state index is 0.0229. The molecule has 60 heavy (non-hydrogen) atoms. The van der Waals surface area contributed by atoms with E-state index in [0.717, 1.165) is 77.5 Å². The average Bonchev–Trinajstić information content (AvgIpc) is 4.11. The molecule has 4 atom stereocenters. The van der Waals surface area contributed by atoms with Gasteiger partial charge in [-0.25, -0.2) is 4.98 Å². The molecule has 2 saturated heterocycles. The topological polar surface area (TPSA) is 108 Å². The summed E-state index contributed by atoms with van der Waals surface area (Å²) in [4.78, 5) is 43.0. The summed E-state index contributed by atoms with van der Waals surface area (Å²) in [5.74, 6) is 0.977. The fourth-order valence-electron chi connectivity index (χ4n) is 10.4. The van der Waals surface area contributed by atoms with Crippen molar-refractivity contribution in [2.24, 2.45) is 16.8 Å². The summed E-state index contributed by atoms with van der Waals surface area (Å²) in [7, 11) is 0.180. The van der Waals surface area contributed by atoms with Crippen LogP contribution in [0.4, 0.5) is 0 Å². The molecule has 10 nitrogen and oxygen atoms in total. The number of imidazole rings is 1. The molecule has 0 spiro atoms. The number of likely N-dealkylation sites (tertiary alicyclic amines) is 1. The van der Waals surface area contributed by atoms with E-state index >= 15 is 0 Å². The Bertz CT molecular complexity index is 2340. The first-order chi connectivity index (χ1) is 29.0. The van der Waals surface area contributed by atoms with Crippen LogP contribution in [0.15, 0.2) is 59.9 Å². The fourth-order valence-corrected chi connectivity index (χ4v) is 11.1. The molecule has 1 amide bonds. The van der Waals surface area contributed by atoms with Crippen LogP contribution in [0.1, 0.15) is 119 Å². The predicted octanol–water partition coefficient (Wildman–Crippen LogP) is 10.7. The van der Waals surface area contributed by atoms with Crippen LogP contribution < -0.4 is 0 Å². The van der Waals surface area contributed by atoms with Crippen molar-refractivity contribution >= 4 is 42.3 Å². The number of esters is 1. The molecular formula is C49H61N5O5Si. The van der Waals surface area contributed by atoms with E-state index in [1.165, 1.54) is 60.9 Å². The smallest absolute Gasteiger partial charge is 0.306 e. The summed E-state index contributed by atoms with van der Waals surface area (Å²) in [6.45, 7) is 13.2. The summed E-state index contributed by atoms with van der Waals surface area (Å²) < 4.78 is 20.3. The molecule has 2 unspecified atom stereocenters. The number of benzene rings is 2. The van der Waals surface area contributed by atoms with E-state index < -0.39 is 14.0 Å². The van der Waals surface area contributed by atoms with Gasteiger partial charge in [0.2, 0.25) is 5.91 Å². The predicted molar refractivity (Wildman–Crippen MR) is 239 cm³/mol. The first kappa shape index (κ1) is 40.9. The van der Waals surface area contributed by atoms with Crippen molar-refractivity contribution in [3.05, 3.63) is 77.4 Å². The third kappa shape index (κ3) is 7.93. The Labute approximate surface area is 355 Å². The third-order valence-electron chi connectivity index (χ3n) is 13.8. The molecule has 4 aromatic rings. The lowest BCUT2D eigenvalue weighted by atomic mass is 9.82. The number of carbonyl (C=O) groups excluding carboxylic acids is 2. The van der Waals surface area contributed by atoms with E-state index in [9.17, 15) is 9.59 Å². The molecular weight excluding hydrogens is 767 g/mol. The Balaban J connectivity index is 0.950. The van der Waals surface area contributed by atoms with Gasteiger partial charge in [-0.15, -0.1) is 0 Å². The molecule has 1 aliphatic carbocycles. The highest BCUT2D eigenvalue weighted by Gasteiger charge is 2.42. The Kier molecular flexibility index (Phi) is 11.4. The number of amides is 1. The number of aromatic nitrogens is 3. The number of aliphatic imine (C=N–C) groups is 1. The molecule has 0 N–H and O–H groups in total. The maximum absolute atomic E-state index is 13.8. The molecule has 1 saturated carbocycles. The molecule has 2 aromatic carbocycles. The molecule has 5 aliphatic rings. The standard InChI is InChI=1S/C49H61N5O5Si/c1-30(2)37(26-45(55)57-3)49(56)53-21-9-12-41(53)40-24-34(28-51-40)33-14-17-38(50-27-33)36-16-15-35(46-43-19-20-44(59-43)47(36)46)32-13-18-39-42(25-32)54(29-58-22-23-60(4,5)6)48(52-39)31-10-7-8-11-31/h13-18,25,27-28,30-31,37,41,43-44H,7-12,19-24,26,29H2,1-6H3/t37-,41-,43?,44?/m0/s1. The molecule has 316 valence electrons. The molecule has 9 rings (SSSR count). The summed E-state index contributed by atoms with van der Waals surface area (Å²) in [5.41, 5.74) is 12.5. The zero-order chi connectivity index (χ0) is 41.7. The minimum Gasteiger partial charge on any atom is -0.469 e. The highest BCUT2D eigenvalue weighted by Crippen LogP contribution is 2.56. The van der Waals surface area contributed by atoms with Crippen LogP contribution >= 0.6 is 0 Å². The second-order valence-electron chi connectivity index (χ2n) is 19.3. The van der Waals surface area contributed by atoms with Gasteiger partial charge in [-0.05, 0) is 102 Å². The van der Waals surface area contributed by atoms with Crippen molar-refractivity contribution < 1.29 is 23.8 Å². The number of fused-ring (bicyclic) bond motifs is 6. The quantitative estimate of drug-likeness (QED) is 0.0707. The SMILES string of the molecule is COC(=O)C[C@H](C(=O)N1CCC[C@H]1C1=NC=C(c2ccc(-c3ccc(-c4ccc5nc(C6CCCC6)n(COCC[Si](C)(C)C)c5c4)c4c3C3CCC4O3)nc2)C1)C(C)C. The Morgan fingerprint density at radius 1 is 0.917 bits per heavy atom. The van der Waals surface area contributed by atoms with Crippen LogP contribution in [0.5, 0.6) is 0 Å². The number of hydrogen-bond acceptors (Lipinski definition) is 8. The van der Waals surface area contributed by atoms with Gasteiger partial charge >= 0.3 is 5.97 Å². The largest absolute Gasteiger partial charge is 0.469 e. The lowest BCUT2D eigenvalue weighted by Crippen LogP contribution is -2.45. The van der Waals surface area contributed by atoms with Gasteiger partial charge in [-0.1, -0.05) is 70.6 Å². The van der Waals surface area contributed by atoms with E-state index in [4.69, 9.17) is 29.2 Å². The van der Waals surface area contributed by atoms with Crippen LogP contribution in [0.25, 0.3) is 39.0 Å². The monoisotopic (exact) mass is 827 g/mol. The molecule has 4 aliphatic heterocycles. The van der Waals surface area contributed by atoms with Gasteiger partial charge in [-0.3, -0.25) is 19.6 Å². The number of carbonyl (C=O) groups is 2. The Morgan fingerprint density at radius 3 is 2.38 bits per heavy atom. The first-order valence-electron chi connectivity index (χ1n) is 22.5. The van der Waals surface area contributed by atoms with Crippen molar-refractivity contribution in [3.8, 4) is 22.4 Å². The molecule has 2 aromatic heterocycles. The minimum atomic E-state index is -1.20. The number of hydrogen-bond donors (Lipinski definition) is 0. The van der Waals surface area contributed by atoms with Crippen LogP contribution in [0.2, 0.25) is 25.7 Å². The molecule has 11 heteroatoms. The number of allylic oxidation sites excluding steroid dienone is 1. The van der Waals surface area contributed by atoms with E-state index in [0.29, 0.717) is 25.6 Å². The number of nitrogens with zero attached hydrogens (tertiary/aromatic N) is 5. The van der Waals surface area contributed by atoms with Gasteiger partial charge in [0.25, 0.3) is 0 Å². The zero-order valence-corrected chi connectivity index (χ0v) is 37.3. The van der Waals surface area contributed by atoms with Gasteiger partial charge in [0.15, 0.2) is 0 Å². The average molecular weight is 828 g/mol. The van der Waals surface area contributed by atoms with Gasteiger partial charge in [-0.2, -0.15) is 0 Å². The molecule has 0 radical (unpaired) electrons. The fraction of sp³-hybridized carbons (Fsp3) is 0.531. The highest BCUT2D eigenvalue weighted by molar-refractivity contribution is 6.76. The molecule has 3 fully saturated rings. The number of methoxy groups -OCH3 is 1. The maximum atomic E-state index is 13.8. The van der Waals surface area contributed by atoms with E-state index in [1.54, 1.807) is 0 Å². The van der Waals surface area contributed by atoms with Gasteiger partial charge in [0.05, 0.1) is 54.4 Å². The molecule has 6 heterocycles. The summed E-state index contributed by atoms with van der Waals surface area (Å²) in [5, 5.41) is 0. The Hall–Kier alpha value is -4.45. The van der Waals surface area contributed by atoms with Crippen molar-refractivity contribution in [3.63, 3.8) is 0 Å². The molecule has 2 bridgehead atoms. The van der Waals surface area contributed by atoms with Crippen molar-refractivity contribution in [2.45, 2.75) is 135 Å². The Morgan fingerprint density at radius 2 is 1.67 bits per heavy atom. The lowest BCUT2D eigenvalue weighted by molar-refractivity contribution is -0.148. The van der Waals surface area contributed by atoms with Crippen LogP contribution in [0, 0.1) is 11.8 Å². The first-order valence-corrected chi connectivity index (χ1v) is 26.2. The van der Waals surface area contributed by atoms with Gasteiger partial charge < -0.3 is 23.7 Å². The van der Waals surface area contributed by atoms with Gasteiger partial charge in [0, 0.05) is 57.2 Å². The normalized spacial score (nSPS) is 21.9. The second kappa shape index (κ2) is 16.8. The van der Waals surface area contributed by atoms with Gasteiger partial charge in [0.1, 0.15) is 12.6 Å². The van der Waals surface area contributed by atoms with Crippen LogP contribution in [-0.4, -0.2) is 71.4 Å². The number of pyridine rings is 1. The summed E-state index contributed by atoms with van der Waals surface area (Å²) in [6, 6.07) is 16.7. The summed E-state index contributed by atoms with van der Waals surface area (Å²) >= 11 is 0. The van der Waals surface area contributed by atoms with E-state index in [-0.39, 0.29) is 42.5 Å². The van der Waals surface area contributed by atoms with Crippen molar-refractivity contribution in [1.29, 1.82) is 0 Å². The van der Waals surface area contributed by atoms with E-state index in [2.05, 4.69) is 66.7 Å². The van der Waals surface area contributed by atoms with Crippen LogP contribution in [0.3, 0.4) is 0 Å². The van der Waals surface area contributed by atoms with E-state index in [1.807, 2.05) is 31.1 Å². The maximum Gasteiger partial charge on any atom is 0.306 e. The zero-order valence-electron chi connectivity index (χ0n) is 36.3. The highest BCUT2D eigenvalue weighted by atomic mass is 28.3.